The van der Waals surface area contributed by atoms with E-state index in [4.69, 9.17) is 20.6 Å². The van der Waals surface area contributed by atoms with E-state index >= 15 is 0 Å². The molecule has 0 aliphatic heterocycles. The maximum absolute atomic E-state index is 12.7. The molecule has 2 N–H and O–H groups in total. The number of carbonyl (C=O) groups is 1. The van der Waals surface area contributed by atoms with E-state index in [1.54, 1.807) is 6.20 Å². The van der Waals surface area contributed by atoms with Crippen LogP contribution in [-0.2, 0) is 23.1 Å². The molecule has 2 aromatic rings. The van der Waals surface area contributed by atoms with E-state index < -0.39 is 19.8 Å². The van der Waals surface area contributed by atoms with Crippen LogP contribution in [-0.4, -0.2) is 68.4 Å². The average molecular weight is 515 g/mol. The van der Waals surface area contributed by atoms with Gasteiger partial charge in [0.25, 0.3) is 0 Å². The van der Waals surface area contributed by atoms with E-state index in [0.717, 1.165) is 42.5 Å². The summed E-state index contributed by atoms with van der Waals surface area (Å²) < 4.78 is 27.8. The molecular formula is C23H36ClN4O5P. The van der Waals surface area contributed by atoms with Crippen molar-refractivity contribution in [1.29, 1.82) is 0 Å². The van der Waals surface area contributed by atoms with Gasteiger partial charge < -0.3 is 19.5 Å². The van der Waals surface area contributed by atoms with Crippen LogP contribution in [0.3, 0.4) is 0 Å². The SMILES string of the molecule is CCN(CCC[C@@H](C)Nc1ccnc2cc(Cl)ccc12)CCOP(=O)(N[C@@H](C)C(=O)OC)OC. The van der Waals surface area contributed by atoms with Crippen molar-refractivity contribution in [3.8, 4) is 0 Å². The molecule has 0 saturated heterocycles. The van der Waals surface area contributed by atoms with Gasteiger partial charge >= 0.3 is 13.7 Å². The summed E-state index contributed by atoms with van der Waals surface area (Å²) in [6.07, 6.45) is 3.74. The molecule has 0 radical (unpaired) electrons. The van der Waals surface area contributed by atoms with Crippen LogP contribution in [0.5, 0.6) is 0 Å². The van der Waals surface area contributed by atoms with Crippen LogP contribution in [0.25, 0.3) is 10.9 Å². The number of halogens is 1. The lowest BCUT2D eigenvalue weighted by atomic mass is 10.1. The third kappa shape index (κ3) is 8.80. The molecule has 11 heteroatoms. The Morgan fingerprint density at radius 1 is 1.24 bits per heavy atom. The topological polar surface area (TPSA) is 102 Å². The maximum atomic E-state index is 12.7. The van der Waals surface area contributed by atoms with E-state index in [-0.39, 0.29) is 12.6 Å². The van der Waals surface area contributed by atoms with Gasteiger partial charge in [-0.1, -0.05) is 18.5 Å². The summed E-state index contributed by atoms with van der Waals surface area (Å²) in [6.45, 7) is 8.28. The van der Waals surface area contributed by atoms with Crippen LogP contribution in [0.15, 0.2) is 30.5 Å². The Hall–Kier alpha value is -1.74. The predicted octanol–water partition coefficient (Wildman–Crippen LogP) is 4.71. The lowest BCUT2D eigenvalue weighted by Crippen LogP contribution is -2.34. The number of methoxy groups -OCH3 is 1. The molecule has 1 heterocycles. The van der Waals surface area contributed by atoms with Crippen molar-refractivity contribution in [3.05, 3.63) is 35.5 Å². The zero-order valence-corrected chi connectivity index (χ0v) is 22.2. The number of likely N-dealkylation sites (N-methyl/N-ethyl adjacent to an activating group) is 1. The average Bonchev–Trinajstić information content (AvgIpc) is 2.82. The number of nitrogens with one attached hydrogen (secondary N) is 2. The van der Waals surface area contributed by atoms with Crippen molar-refractivity contribution in [2.75, 3.05) is 45.8 Å². The van der Waals surface area contributed by atoms with E-state index in [0.29, 0.717) is 11.6 Å². The van der Waals surface area contributed by atoms with Gasteiger partial charge in [0, 0.05) is 42.0 Å². The number of rotatable bonds is 15. The highest BCUT2D eigenvalue weighted by Gasteiger charge is 2.29. The van der Waals surface area contributed by atoms with Gasteiger partial charge in [0.1, 0.15) is 6.04 Å². The molecule has 0 saturated carbocycles. The van der Waals surface area contributed by atoms with Gasteiger partial charge in [0.05, 0.1) is 19.2 Å². The first-order chi connectivity index (χ1) is 16.2. The van der Waals surface area contributed by atoms with Crippen LogP contribution in [0.2, 0.25) is 5.02 Å². The summed E-state index contributed by atoms with van der Waals surface area (Å²) in [5.41, 5.74) is 1.91. The van der Waals surface area contributed by atoms with E-state index in [1.165, 1.54) is 21.1 Å². The van der Waals surface area contributed by atoms with Crippen molar-refractivity contribution in [2.45, 2.75) is 45.7 Å². The molecule has 0 spiro atoms. The number of esters is 1. The second-order valence-electron chi connectivity index (χ2n) is 8.03. The van der Waals surface area contributed by atoms with Gasteiger partial charge in [-0.25, -0.2) is 9.65 Å². The van der Waals surface area contributed by atoms with Gasteiger partial charge in [0.2, 0.25) is 0 Å². The summed E-state index contributed by atoms with van der Waals surface area (Å²) in [4.78, 5) is 18.2. The van der Waals surface area contributed by atoms with E-state index in [1.807, 2.05) is 24.3 Å². The van der Waals surface area contributed by atoms with Crippen molar-refractivity contribution in [3.63, 3.8) is 0 Å². The number of nitrogens with zero attached hydrogens (tertiary/aromatic N) is 2. The molecule has 1 unspecified atom stereocenters. The Morgan fingerprint density at radius 2 is 2.00 bits per heavy atom. The minimum Gasteiger partial charge on any atom is -0.468 e. The molecule has 34 heavy (non-hydrogen) atoms. The summed E-state index contributed by atoms with van der Waals surface area (Å²) in [5, 5.41) is 7.87. The van der Waals surface area contributed by atoms with Crippen molar-refractivity contribution < 1.29 is 23.1 Å². The number of aromatic nitrogens is 1. The number of ether oxygens (including phenoxy) is 1. The number of hydrogen-bond acceptors (Lipinski definition) is 8. The zero-order valence-electron chi connectivity index (χ0n) is 20.5. The summed E-state index contributed by atoms with van der Waals surface area (Å²) >= 11 is 6.08. The fourth-order valence-electron chi connectivity index (χ4n) is 3.53. The monoisotopic (exact) mass is 514 g/mol. The number of carbonyl (C=O) groups excluding carboxylic acids is 1. The molecule has 3 atom stereocenters. The molecule has 2 rings (SSSR count). The molecule has 0 bridgehead atoms. The Bertz CT molecular complexity index is 980. The predicted molar refractivity (Wildman–Crippen MR) is 136 cm³/mol. The first kappa shape index (κ1) is 28.5. The molecule has 1 aromatic carbocycles. The highest BCUT2D eigenvalue weighted by molar-refractivity contribution is 7.51. The van der Waals surface area contributed by atoms with Gasteiger partial charge in [-0.2, -0.15) is 0 Å². The molecule has 0 fully saturated rings. The van der Waals surface area contributed by atoms with Crippen molar-refractivity contribution in [2.24, 2.45) is 0 Å². The Morgan fingerprint density at radius 3 is 2.68 bits per heavy atom. The maximum Gasteiger partial charge on any atom is 0.406 e. The first-order valence-corrected chi connectivity index (χ1v) is 13.3. The Labute approximate surface area is 207 Å². The van der Waals surface area contributed by atoms with Gasteiger partial charge in [0.15, 0.2) is 0 Å². The smallest absolute Gasteiger partial charge is 0.406 e. The summed E-state index contributed by atoms with van der Waals surface area (Å²) in [6, 6.07) is 7.16. The number of anilines is 1. The lowest BCUT2D eigenvalue weighted by molar-refractivity contribution is -0.142. The number of fused-ring (bicyclic) bond motifs is 1. The quantitative estimate of drug-likeness (QED) is 0.258. The minimum atomic E-state index is -3.59. The lowest BCUT2D eigenvalue weighted by Gasteiger charge is -2.24. The van der Waals surface area contributed by atoms with Crippen molar-refractivity contribution in [1.82, 2.24) is 15.0 Å². The second-order valence-corrected chi connectivity index (χ2v) is 10.3. The molecule has 9 nitrogen and oxygen atoms in total. The first-order valence-electron chi connectivity index (χ1n) is 11.4. The molecule has 1 aromatic heterocycles. The summed E-state index contributed by atoms with van der Waals surface area (Å²) in [7, 11) is -1.05. The standard InChI is InChI=1S/C23H36ClN4O5P/c1-6-28(14-15-33-34(30,32-5)27-18(3)23(29)31-4)13-7-8-17(2)26-21-11-12-25-22-16-19(24)9-10-20(21)22/h9-12,16-18H,6-8,13-15H2,1-5H3,(H,25,26)(H,27,30)/t17-,18+,34?/m1/s1. The fourth-order valence-corrected chi connectivity index (χ4v) is 4.89. The summed E-state index contributed by atoms with van der Waals surface area (Å²) in [5.74, 6) is -0.539. The van der Waals surface area contributed by atoms with Crippen LogP contribution in [0.4, 0.5) is 5.69 Å². The highest BCUT2D eigenvalue weighted by atomic mass is 35.5. The van der Waals surface area contributed by atoms with Crippen LogP contribution in [0, 0.1) is 0 Å². The van der Waals surface area contributed by atoms with Crippen LogP contribution >= 0.6 is 19.3 Å². The molecular weight excluding hydrogens is 479 g/mol. The fraction of sp³-hybridized carbons (Fsp3) is 0.565. The molecule has 190 valence electrons. The van der Waals surface area contributed by atoms with Gasteiger partial charge in [-0.05, 0) is 64.0 Å². The minimum absolute atomic E-state index is 0.208. The normalized spacial score (nSPS) is 15.1. The Balaban J connectivity index is 1.78. The van der Waals surface area contributed by atoms with Crippen molar-refractivity contribution >= 4 is 41.9 Å². The van der Waals surface area contributed by atoms with Crippen LogP contribution in [0.1, 0.15) is 33.6 Å². The molecule has 0 amide bonds. The highest BCUT2D eigenvalue weighted by Crippen LogP contribution is 2.43. The van der Waals surface area contributed by atoms with Gasteiger partial charge in [-0.3, -0.25) is 14.3 Å². The number of hydrogen-bond donors (Lipinski definition) is 2. The third-order valence-electron chi connectivity index (χ3n) is 5.48. The number of pyridine rings is 1. The second kappa shape index (κ2) is 14.0. The largest absolute Gasteiger partial charge is 0.468 e. The van der Waals surface area contributed by atoms with E-state index in [9.17, 15) is 9.36 Å². The van der Waals surface area contributed by atoms with Gasteiger partial charge in [-0.15, -0.1) is 0 Å². The molecule has 0 aliphatic carbocycles. The Kier molecular flexibility index (Phi) is 11.7. The van der Waals surface area contributed by atoms with Crippen LogP contribution < -0.4 is 10.4 Å². The third-order valence-corrected chi connectivity index (χ3v) is 7.42. The zero-order chi connectivity index (χ0) is 25.1. The van der Waals surface area contributed by atoms with E-state index in [2.05, 4.69) is 38.9 Å². The molecule has 0 aliphatic rings. The number of benzene rings is 1.